The monoisotopic (exact) mass is 594 g/mol. The molecule has 0 aromatic heterocycles. The molecule has 2 aliphatic rings. The maximum Gasteiger partial charge on any atom is 0.334 e. The summed E-state index contributed by atoms with van der Waals surface area (Å²) < 4.78 is 11.1. The maximum atomic E-state index is 12.2. The zero-order valence-electron chi connectivity index (χ0n) is 26.8. The van der Waals surface area contributed by atoms with E-state index in [1.54, 1.807) is 6.08 Å². The van der Waals surface area contributed by atoms with Gasteiger partial charge in [-0.05, 0) is 57.9 Å². The SMILES string of the molecule is CCCCCCCCCCCC[C@H](O)[C@@H]1CC[C@@H]([C@@H](O)CCCCC(=O)CCCCC[C@@H](O)CC2=C[C@H](C)OC2=O)O1. The first-order chi connectivity index (χ1) is 20.3. The minimum Gasteiger partial charge on any atom is -0.455 e. The Balaban J connectivity index is 1.41. The lowest BCUT2D eigenvalue weighted by molar-refractivity contribution is -0.139. The largest absolute Gasteiger partial charge is 0.455 e. The molecule has 7 heteroatoms. The fourth-order valence-corrected chi connectivity index (χ4v) is 6.28. The zero-order chi connectivity index (χ0) is 30.6. The average Bonchev–Trinajstić information content (AvgIpc) is 3.58. The molecule has 0 bridgehead atoms. The second kappa shape index (κ2) is 22.3. The molecule has 2 rings (SSSR count). The van der Waals surface area contributed by atoms with Gasteiger partial charge in [-0.1, -0.05) is 90.4 Å². The van der Waals surface area contributed by atoms with Gasteiger partial charge >= 0.3 is 5.97 Å². The van der Waals surface area contributed by atoms with E-state index in [9.17, 15) is 24.9 Å². The van der Waals surface area contributed by atoms with Gasteiger partial charge in [-0.25, -0.2) is 4.79 Å². The van der Waals surface area contributed by atoms with E-state index in [1.165, 1.54) is 57.8 Å². The molecule has 2 heterocycles. The van der Waals surface area contributed by atoms with Gasteiger partial charge in [0.2, 0.25) is 0 Å². The number of unbranched alkanes of at least 4 members (excludes halogenated alkanes) is 12. The summed E-state index contributed by atoms with van der Waals surface area (Å²) in [5.74, 6) is -0.0709. The Morgan fingerprint density at radius 1 is 0.762 bits per heavy atom. The predicted molar refractivity (Wildman–Crippen MR) is 167 cm³/mol. The van der Waals surface area contributed by atoms with E-state index in [2.05, 4.69) is 6.92 Å². The molecule has 0 aromatic carbocycles. The van der Waals surface area contributed by atoms with Crippen molar-refractivity contribution in [3.63, 3.8) is 0 Å². The van der Waals surface area contributed by atoms with Crippen LogP contribution in [0.3, 0.4) is 0 Å². The lowest BCUT2D eigenvalue weighted by Crippen LogP contribution is -2.31. The average molecular weight is 595 g/mol. The summed E-state index contributed by atoms with van der Waals surface area (Å²) in [5, 5.41) is 31.3. The number of carbonyl (C=O) groups is 2. The Morgan fingerprint density at radius 3 is 1.79 bits per heavy atom. The van der Waals surface area contributed by atoms with Crippen molar-refractivity contribution in [2.24, 2.45) is 0 Å². The molecule has 2 aliphatic heterocycles. The van der Waals surface area contributed by atoms with Crippen LogP contribution >= 0.6 is 0 Å². The minimum atomic E-state index is -0.553. The summed E-state index contributed by atoms with van der Waals surface area (Å²) >= 11 is 0. The lowest BCUT2D eigenvalue weighted by atomic mass is 9.99. The van der Waals surface area contributed by atoms with Crippen molar-refractivity contribution in [1.82, 2.24) is 0 Å². The number of aliphatic hydroxyl groups is 3. The second-order valence-electron chi connectivity index (χ2n) is 12.9. The highest BCUT2D eigenvalue weighted by atomic mass is 16.5. The number of Topliss-reactive ketones (excluding diaryl/α,β-unsaturated/α-hetero) is 1. The van der Waals surface area contributed by atoms with Crippen molar-refractivity contribution in [3.8, 4) is 0 Å². The van der Waals surface area contributed by atoms with E-state index in [4.69, 9.17) is 9.47 Å². The number of esters is 1. The summed E-state index contributed by atoms with van der Waals surface area (Å²) in [4.78, 5) is 23.9. The highest BCUT2D eigenvalue weighted by Gasteiger charge is 2.34. The van der Waals surface area contributed by atoms with Gasteiger partial charge in [0.05, 0.1) is 30.5 Å². The molecule has 1 fully saturated rings. The van der Waals surface area contributed by atoms with Crippen LogP contribution in [0, 0.1) is 0 Å². The van der Waals surface area contributed by atoms with Crippen LogP contribution in [0.25, 0.3) is 0 Å². The number of aliphatic hydroxyl groups excluding tert-OH is 3. The molecule has 0 spiro atoms. The van der Waals surface area contributed by atoms with Crippen molar-refractivity contribution in [3.05, 3.63) is 11.6 Å². The van der Waals surface area contributed by atoms with Gasteiger partial charge in [-0.3, -0.25) is 4.79 Å². The number of hydrogen-bond donors (Lipinski definition) is 3. The second-order valence-corrected chi connectivity index (χ2v) is 12.9. The van der Waals surface area contributed by atoms with Crippen molar-refractivity contribution < 1.29 is 34.4 Å². The van der Waals surface area contributed by atoms with Gasteiger partial charge in [-0.2, -0.15) is 0 Å². The number of ether oxygens (including phenoxy) is 2. The molecule has 0 amide bonds. The van der Waals surface area contributed by atoms with Crippen LogP contribution in [0.15, 0.2) is 11.6 Å². The Kier molecular flexibility index (Phi) is 19.6. The van der Waals surface area contributed by atoms with E-state index in [1.807, 2.05) is 6.92 Å². The van der Waals surface area contributed by atoms with Crippen LogP contribution in [0.4, 0.5) is 0 Å². The number of rotatable bonds is 26. The molecule has 0 aromatic rings. The van der Waals surface area contributed by atoms with Gasteiger partial charge in [0.1, 0.15) is 11.9 Å². The summed E-state index contributed by atoms with van der Waals surface area (Å²) in [6, 6.07) is 0. The molecule has 0 radical (unpaired) electrons. The van der Waals surface area contributed by atoms with Crippen molar-refractivity contribution in [2.75, 3.05) is 0 Å². The smallest absolute Gasteiger partial charge is 0.334 e. The molecule has 42 heavy (non-hydrogen) atoms. The summed E-state index contributed by atoms with van der Waals surface area (Å²) in [7, 11) is 0. The quantitative estimate of drug-likeness (QED) is 0.0713. The highest BCUT2D eigenvalue weighted by molar-refractivity contribution is 5.90. The van der Waals surface area contributed by atoms with Gasteiger partial charge in [0, 0.05) is 24.8 Å². The third-order valence-corrected chi connectivity index (χ3v) is 8.94. The Labute approximate surface area is 255 Å². The molecule has 0 unspecified atom stereocenters. The summed E-state index contributed by atoms with van der Waals surface area (Å²) in [6.45, 7) is 4.06. The minimum absolute atomic E-state index is 0.161. The van der Waals surface area contributed by atoms with Crippen LogP contribution in [-0.2, 0) is 19.1 Å². The van der Waals surface area contributed by atoms with Crippen LogP contribution < -0.4 is 0 Å². The first-order valence-corrected chi connectivity index (χ1v) is 17.4. The molecule has 7 nitrogen and oxygen atoms in total. The molecule has 244 valence electrons. The zero-order valence-corrected chi connectivity index (χ0v) is 26.8. The molecule has 6 atom stereocenters. The fraction of sp³-hybridized carbons (Fsp3) is 0.886. The Morgan fingerprint density at radius 2 is 1.24 bits per heavy atom. The van der Waals surface area contributed by atoms with Crippen molar-refractivity contribution in [1.29, 1.82) is 0 Å². The molecule has 0 aliphatic carbocycles. The molecular formula is C35H62O7. The third kappa shape index (κ3) is 16.0. The standard InChI is InChI=1S/C35H62O7/c1-3-4-5-6-7-8-9-10-11-15-21-31(38)33-23-24-34(42-33)32(39)22-17-16-19-29(36)18-13-12-14-20-30(37)26-28-25-27(2)41-35(28)40/h25,27,30-34,37-39H,3-24,26H2,1-2H3/t27-,30+,31-,32-,33-,34-/m0/s1. The molecule has 3 N–H and O–H groups in total. The molecule has 0 saturated carbocycles. The Hall–Kier alpha value is -1.28. The normalized spacial score (nSPS) is 22.6. The lowest BCUT2D eigenvalue weighted by Gasteiger charge is -2.22. The van der Waals surface area contributed by atoms with Crippen molar-refractivity contribution >= 4 is 11.8 Å². The summed E-state index contributed by atoms with van der Waals surface area (Å²) in [6.07, 6.45) is 21.6. The van der Waals surface area contributed by atoms with Gasteiger partial charge < -0.3 is 24.8 Å². The van der Waals surface area contributed by atoms with Gasteiger partial charge in [-0.15, -0.1) is 0 Å². The van der Waals surface area contributed by atoms with E-state index >= 15 is 0 Å². The van der Waals surface area contributed by atoms with Gasteiger partial charge in [0.25, 0.3) is 0 Å². The summed E-state index contributed by atoms with van der Waals surface area (Å²) in [5.41, 5.74) is 0.562. The predicted octanol–water partition coefficient (Wildman–Crippen LogP) is 7.27. The highest BCUT2D eigenvalue weighted by Crippen LogP contribution is 2.28. The number of carbonyl (C=O) groups excluding carboxylic acids is 2. The van der Waals surface area contributed by atoms with E-state index in [0.29, 0.717) is 37.7 Å². The van der Waals surface area contributed by atoms with Gasteiger partial charge in [0.15, 0.2) is 0 Å². The molecule has 1 saturated heterocycles. The van der Waals surface area contributed by atoms with Crippen LogP contribution in [-0.4, -0.2) is 63.7 Å². The van der Waals surface area contributed by atoms with Crippen LogP contribution in [0.5, 0.6) is 0 Å². The van der Waals surface area contributed by atoms with Crippen molar-refractivity contribution in [2.45, 2.75) is 198 Å². The number of cyclic esters (lactones) is 1. The molecular weight excluding hydrogens is 532 g/mol. The first-order valence-electron chi connectivity index (χ1n) is 17.4. The topological polar surface area (TPSA) is 113 Å². The number of hydrogen-bond acceptors (Lipinski definition) is 7. The van der Waals surface area contributed by atoms with Crippen LogP contribution in [0.2, 0.25) is 0 Å². The van der Waals surface area contributed by atoms with Crippen LogP contribution in [0.1, 0.15) is 162 Å². The van der Waals surface area contributed by atoms with E-state index in [-0.39, 0.29) is 30.1 Å². The van der Waals surface area contributed by atoms with E-state index < -0.39 is 18.3 Å². The third-order valence-electron chi connectivity index (χ3n) is 8.94. The maximum absolute atomic E-state index is 12.2. The Bertz CT molecular complexity index is 766. The van der Waals surface area contributed by atoms with E-state index in [0.717, 1.165) is 57.8 Å². The number of ketones is 1. The first kappa shape index (κ1) is 36.9. The fourth-order valence-electron chi connectivity index (χ4n) is 6.28.